The van der Waals surface area contributed by atoms with E-state index in [1.807, 2.05) is 42.6 Å². The molecule has 0 saturated heterocycles. The van der Waals surface area contributed by atoms with Crippen LogP contribution in [0.1, 0.15) is 0 Å². The largest absolute Gasteiger partial charge is 0.513 e. The molecular weight excluding hydrogens is 416 g/mol. The first-order chi connectivity index (χ1) is 8.93. The van der Waals surface area contributed by atoms with Gasteiger partial charge in [0.15, 0.2) is 0 Å². The Morgan fingerprint density at radius 2 is 1.95 bits per heavy atom. The third kappa shape index (κ3) is 1.81. The summed E-state index contributed by atoms with van der Waals surface area (Å²) in [6.45, 7) is 0. The smallest absolute Gasteiger partial charge is 0.116 e. The molecule has 0 atom stereocenters. The Morgan fingerprint density at radius 3 is 2.79 bits per heavy atom. The molecule has 4 aromatic rings. The molecule has 0 saturated carbocycles. The first kappa shape index (κ1) is 12.1. The monoisotopic (exact) mass is 426 g/mol. The Balaban J connectivity index is 0.00000110. The van der Waals surface area contributed by atoms with Crippen molar-refractivity contribution in [2.75, 3.05) is 0 Å². The molecule has 0 fully saturated rings. The molecule has 0 spiro atoms. The minimum atomic E-state index is 0. The van der Waals surface area contributed by atoms with Crippen LogP contribution >= 0.6 is 0 Å². The van der Waals surface area contributed by atoms with Gasteiger partial charge in [0.05, 0.1) is 0 Å². The maximum atomic E-state index is 5.92. The van der Waals surface area contributed by atoms with Crippen LogP contribution in [0.4, 0.5) is 0 Å². The molecule has 95 valence electrons. The summed E-state index contributed by atoms with van der Waals surface area (Å²) >= 11 is 0. The van der Waals surface area contributed by atoms with Crippen molar-refractivity contribution in [3.63, 3.8) is 0 Å². The van der Waals surface area contributed by atoms with Crippen LogP contribution in [-0.4, -0.2) is 9.78 Å². The number of fused-ring (bicyclic) bond motifs is 3. The van der Waals surface area contributed by atoms with Crippen LogP contribution in [0.2, 0.25) is 0 Å². The van der Waals surface area contributed by atoms with Crippen molar-refractivity contribution in [3.05, 3.63) is 60.9 Å². The summed E-state index contributed by atoms with van der Waals surface area (Å²) in [4.78, 5) is 0. The summed E-state index contributed by atoms with van der Waals surface area (Å²) in [5.41, 5.74) is 2.55. The molecule has 0 amide bonds. The van der Waals surface area contributed by atoms with Gasteiger partial charge >= 0.3 is 0 Å². The second-order valence-electron chi connectivity index (χ2n) is 4.12. The van der Waals surface area contributed by atoms with Gasteiger partial charge in [-0.3, -0.25) is 4.68 Å². The third-order valence-corrected chi connectivity index (χ3v) is 3.05. The van der Waals surface area contributed by atoms with E-state index in [2.05, 4.69) is 17.2 Å². The van der Waals surface area contributed by atoms with Gasteiger partial charge in [0, 0.05) is 43.5 Å². The van der Waals surface area contributed by atoms with Crippen molar-refractivity contribution >= 4 is 21.9 Å². The number of hydrogen-bond donors (Lipinski definition) is 0. The SMILES string of the molecule is [Ir].[c-]1ccc2c(oc3ccccc32)c1-n1cccn1. The minimum Gasteiger partial charge on any atom is -0.513 e. The zero-order valence-corrected chi connectivity index (χ0v) is 12.2. The molecule has 0 unspecified atom stereocenters. The molecule has 0 N–H and O–H groups in total. The van der Waals surface area contributed by atoms with Crippen LogP contribution in [0.5, 0.6) is 0 Å². The predicted octanol–water partition coefficient (Wildman–Crippen LogP) is 3.57. The number of nitrogens with zero attached hydrogens (tertiary/aromatic N) is 2. The van der Waals surface area contributed by atoms with E-state index in [0.29, 0.717) is 0 Å². The molecule has 1 radical (unpaired) electrons. The first-order valence-electron chi connectivity index (χ1n) is 5.75. The molecule has 2 aromatic heterocycles. The fourth-order valence-corrected chi connectivity index (χ4v) is 2.25. The van der Waals surface area contributed by atoms with Crippen LogP contribution in [0, 0.1) is 6.07 Å². The molecule has 4 rings (SSSR count). The van der Waals surface area contributed by atoms with Crippen molar-refractivity contribution in [2.45, 2.75) is 0 Å². The number of rotatable bonds is 1. The minimum absolute atomic E-state index is 0. The number of furan rings is 1. The van der Waals surface area contributed by atoms with Gasteiger partial charge in [-0.1, -0.05) is 23.6 Å². The number of benzene rings is 2. The summed E-state index contributed by atoms with van der Waals surface area (Å²) in [7, 11) is 0. The Morgan fingerprint density at radius 1 is 1.05 bits per heavy atom. The normalized spacial score (nSPS) is 10.7. The van der Waals surface area contributed by atoms with E-state index in [9.17, 15) is 0 Å². The van der Waals surface area contributed by atoms with Crippen LogP contribution in [0.3, 0.4) is 0 Å². The van der Waals surface area contributed by atoms with Gasteiger partial charge < -0.3 is 4.42 Å². The average molecular weight is 425 g/mol. The second-order valence-corrected chi connectivity index (χ2v) is 4.12. The molecule has 0 aliphatic rings. The van der Waals surface area contributed by atoms with Gasteiger partial charge in [-0.05, 0) is 17.8 Å². The van der Waals surface area contributed by atoms with E-state index in [1.54, 1.807) is 10.9 Å². The Kier molecular flexibility index (Phi) is 2.97. The number of para-hydroxylation sites is 1. The third-order valence-electron chi connectivity index (χ3n) is 3.05. The average Bonchev–Trinajstić information content (AvgIpc) is 3.05. The molecule has 2 aromatic carbocycles. The number of aromatic nitrogens is 2. The van der Waals surface area contributed by atoms with E-state index in [4.69, 9.17) is 4.42 Å². The topological polar surface area (TPSA) is 31.0 Å². The first-order valence-corrected chi connectivity index (χ1v) is 5.75. The van der Waals surface area contributed by atoms with E-state index in [1.165, 1.54) is 0 Å². The zero-order valence-electron chi connectivity index (χ0n) is 9.83. The molecule has 2 heterocycles. The maximum Gasteiger partial charge on any atom is 0.116 e. The van der Waals surface area contributed by atoms with Crippen molar-refractivity contribution in [2.24, 2.45) is 0 Å². The van der Waals surface area contributed by atoms with Gasteiger partial charge in [-0.2, -0.15) is 23.3 Å². The number of hydrogen-bond acceptors (Lipinski definition) is 2. The second kappa shape index (κ2) is 4.65. The van der Waals surface area contributed by atoms with Crippen molar-refractivity contribution in [3.8, 4) is 5.69 Å². The van der Waals surface area contributed by atoms with Gasteiger partial charge in [0.2, 0.25) is 0 Å². The summed E-state index contributed by atoms with van der Waals surface area (Å²) in [6.07, 6.45) is 3.63. The molecular formula is C15H9IrN2O-. The fraction of sp³-hybridized carbons (Fsp3) is 0. The van der Waals surface area contributed by atoms with Crippen LogP contribution < -0.4 is 0 Å². The Labute approximate surface area is 123 Å². The Hall–Kier alpha value is -1.90. The van der Waals surface area contributed by atoms with E-state index < -0.39 is 0 Å². The van der Waals surface area contributed by atoms with Crippen LogP contribution in [-0.2, 0) is 20.1 Å². The molecule has 4 heteroatoms. The summed E-state index contributed by atoms with van der Waals surface area (Å²) < 4.78 is 7.68. The standard InChI is InChI=1S/C15H9N2O.Ir/c1-2-8-14-11(5-1)12-6-3-7-13(15(12)18-14)17-10-4-9-16-17;/h1-6,8-10H;/q-1;. The van der Waals surface area contributed by atoms with E-state index >= 15 is 0 Å². The van der Waals surface area contributed by atoms with Gasteiger partial charge in [-0.15, -0.1) is 0 Å². The molecule has 0 bridgehead atoms. The molecule has 0 aliphatic heterocycles. The van der Waals surface area contributed by atoms with Crippen molar-refractivity contribution < 1.29 is 24.5 Å². The van der Waals surface area contributed by atoms with E-state index in [0.717, 1.165) is 27.6 Å². The molecule has 3 nitrogen and oxygen atoms in total. The summed E-state index contributed by atoms with van der Waals surface area (Å²) in [6, 6.07) is 17.0. The Bertz CT molecular complexity index is 834. The predicted molar refractivity (Wildman–Crippen MR) is 69.7 cm³/mol. The molecule has 0 aliphatic carbocycles. The summed E-state index contributed by atoms with van der Waals surface area (Å²) in [5, 5.41) is 6.44. The molecule has 19 heavy (non-hydrogen) atoms. The van der Waals surface area contributed by atoms with Crippen LogP contribution in [0.25, 0.3) is 27.6 Å². The van der Waals surface area contributed by atoms with E-state index in [-0.39, 0.29) is 20.1 Å². The summed E-state index contributed by atoms with van der Waals surface area (Å²) in [5.74, 6) is 0. The van der Waals surface area contributed by atoms with Gasteiger partial charge in [-0.25, -0.2) is 0 Å². The van der Waals surface area contributed by atoms with Crippen molar-refractivity contribution in [1.82, 2.24) is 9.78 Å². The fourth-order valence-electron chi connectivity index (χ4n) is 2.25. The zero-order chi connectivity index (χ0) is 11.9. The van der Waals surface area contributed by atoms with Crippen LogP contribution in [0.15, 0.2) is 59.3 Å². The van der Waals surface area contributed by atoms with Gasteiger partial charge in [0.25, 0.3) is 0 Å². The quantitative estimate of drug-likeness (QED) is 0.437. The van der Waals surface area contributed by atoms with Crippen molar-refractivity contribution in [1.29, 1.82) is 0 Å². The van der Waals surface area contributed by atoms with Gasteiger partial charge in [0.1, 0.15) is 5.58 Å². The maximum absolute atomic E-state index is 5.92.